The predicted octanol–water partition coefficient (Wildman–Crippen LogP) is 3.27. The predicted molar refractivity (Wildman–Crippen MR) is 76.9 cm³/mol. The normalized spacial score (nSPS) is 10.2. The molecule has 0 aliphatic carbocycles. The minimum Gasteiger partial charge on any atom is -0.478 e. The molecule has 98 valence electrons. The summed E-state index contributed by atoms with van der Waals surface area (Å²) in [7, 11) is 0. The van der Waals surface area contributed by atoms with Crippen molar-refractivity contribution < 1.29 is 9.90 Å². The fraction of sp³-hybridized carbons (Fsp3) is 0.133. The van der Waals surface area contributed by atoms with Crippen molar-refractivity contribution in [3.63, 3.8) is 0 Å². The highest BCUT2D eigenvalue weighted by molar-refractivity contribution is 5.97. The number of aromatic carboxylic acids is 1. The first-order valence-corrected chi connectivity index (χ1v) is 6.09. The van der Waals surface area contributed by atoms with E-state index in [1.807, 2.05) is 24.3 Å². The van der Waals surface area contributed by atoms with E-state index in [-0.39, 0.29) is 11.3 Å². The number of carboxylic acids is 1. The lowest BCUT2D eigenvalue weighted by molar-refractivity contribution is 0.0698. The van der Waals surface area contributed by atoms with Gasteiger partial charge in [-0.25, -0.2) is 4.79 Å². The minimum absolute atomic E-state index is 0.108. The van der Waals surface area contributed by atoms with E-state index in [1.54, 1.807) is 12.1 Å². The molecule has 2 aromatic carbocycles. The van der Waals surface area contributed by atoms with Crippen LogP contribution in [-0.4, -0.2) is 11.1 Å². The maximum atomic E-state index is 11.0. The van der Waals surface area contributed by atoms with E-state index < -0.39 is 5.97 Å². The van der Waals surface area contributed by atoms with Crippen LogP contribution in [0.15, 0.2) is 42.5 Å². The molecule has 0 radical (unpaired) electrons. The van der Waals surface area contributed by atoms with Gasteiger partial charge in [-0.15, -0.1) is 0 Å². The summed E-state index contributed by atoms with van der Waals surface area (Å²) >= 11 is 0. The molecule has 0 heterocycles. The van der Waals surface area contributed by atoms with Crippen LogP contribution in [0.25, 0.3) is 0 Å². The van der Waals surface area contributed by atoms with Crippen LogP contribution in [0.3, 0.4) is 0 Å². The number of anilines is 3. The van der Waals surface area contributed by atoms with Crippen LogP contribution in [-0.2, 0) is 6.42 Å². The molecular formula is C15H16N2O2. The van der Waals surface area contributed by atoms with Crippen LogP contribution in [0.4, 0.5) is 17.1 Å². The summed E-state index contributed by atoms with van der Waals surface area (Å²) in [6.45, 7) is 2.08. The topological polar surface area (TPSA) is 75.3 Å². The molecule has 0 fully saturated rings. The van der Waals surface area contributed by atoms with Gasteiger partial charge in [-0.1, -0.05) is 25.1 Å². The van der Waals surface area contributed by atoms with E-state index in [0.717, 1.165) is 12.1 Å². The smallest absolute Gasteiger partial charge is 0.337 e. The van der Waals surface area contributed by atoms with Crippen molar-refractivity contribution in [2.75, 3.05) is 11.1 Å². The average Bonchev–Trinajstić information content (AvgIpc) is 2.41. The molecule has 2 aromatic rings. The average molecular weight is 256 g/mol. The number of nitrogens with two attached hydrogens (primary N) is 1. The zero-order valence-corrected chi connectivity index (χ0v) is 10.7. The summed E-state index contributed by atoms with van der Waals surface area (Å²) < 4.78 is 0. The van der Waals surface area contributed by atoms with E-state index in [1.165, 1.54) is 11.6 Å². The second kappa shape index (κ2) is 5.44. The summed E-state index contributed by atoms with van der Waals surface area (Å²) in [5.74, 6) is -1.02. The molecule has 0 atom stereocenters. The Morgan fingerprint density at radius 1 is 1.26 bits per heavy atom. The Kier molecular flexibility index (Phi) is 3.71. The number of carboxylic acid groups (broad SMARTS) is 1. The maximum Gasteiger partial charge on any atom is 0.337 e. The number of nitrogens with one attached hydrogen (secondary N) is 1. The lowest BCUT2D eigenvalue weighted by Gasteiger charge is -2.12. The highest BCUT2D eigenvalue weighted by Crippen LogP contribution is 2.26. The molecule has 0 aromatic heterocycles. The van der Waals surface area contributed by atoms with Crippen LogP contribution in [0.5, 0.6) is 0 Å². The van der Waals surface area contributed by atoms with Crippen molar-refractivity contribution in [3.8, 4) is 0 Å². The Hall–Kier alpha value is -2.49. The summed E-state index contributed by atoms with van der Waals surface area (Å²) in [6.07, 6.45) is 0.945. The second-order valence-electron chi connectivity index (χ2n) is 4.25. The highest BCUT2D eigenvalue weighted by atomic mass is 16.4. The molecule has 4 N–H and O–H groups in total. The molecule has 0 unspecified atom stereocenters. The molecule has 0 saturated heterocycles. The second-order valence-corrected chi connectivity index (χ2v) is 4.25. The Balaban J connectivity index is 2.33. The van der Waals surface area contributed by atoms with Gasteiger partial charge in [0.1, 0.15) is 0 Å². The Bertz CT molecular complexity index is 609. The maximum absolute atomic E-state index is 11.0. The molecule has 4 heteroatoms. The molecule has 4 nitrogen and oxygen atoms in total. The number of benzene rings is 2. The molecule has 0 aliphatic heterocycles. The summed E-state index contributed by atoms with van der Waals surface area (Å²) in [4.78, 5) is 11.0. The summed E-state index contributed by atoms with van der Waals surface area (Å²) in [6, 6.07) is 12.9. The van der Waals surface area contributed by atoms with Crippen molar-refractivity contribution in [2.45, 2.75) is 13.3 Å². The van der Waals surface area contributed by atoms with Gasteiger partial charge in [0, 0.05) is 5.69 Å². The van der Waals surface area contributed by atoms with Gasteiger partial charge >= 0.3 is 5.97 Å². The molecule has 0 spiro atoms. The van der Waals surface area contributed by atoms with Gasteiger partial charge in [-0.3, -0.25) is 0 Å². The van der Waals surface area contributed by atoms with Crippen molar-refractivity contribution in [2.24, 2.45) is 0 Å². The van der Waals surface area contributed by atoms with Gasteiger partial charge in [-0.2, -0.15) is 0 Å². The first-order chi connectivity index (χ1) is 9.11. The number of para-hydroxylation sites is 1. The fourth-order valence-corrected chi connectivity index (χ4v) is 1.89. The molecule has 0 aliphatic rings. The van der Waals surface area contributed by atoms with E-state index in [0.29, 0.717) is 5.69 Å². The first kappa shape index (κ1) is 13.0. The van der Waals surface area contributed by atoms with E-state index in [2.05, 4.69) is 12.2 Å². The fourth-order valence-electron chi connectivity index (χ4n) is 1.89. The standard InChI is InChI=1S/C15H16N2O2/c1-2-10-5-3-6-11(9-10)17-13-8-4-7-12(14(13)16)15(18)19/h3-9,17H,2,16H2,1H3,(H,18,19). The molecular weight excluding hydrogens is 240 g/mol. The Morgan fingerprint density at radius 2 is 2.00 bits per heavy atom. The van der Waals surface area contributed by atoms with Gasteiger partial charge in [-0.05, 0) is 36.2 Å². The highest BCUT2D eigenvalue weighted by Gasteiger charge is 2.10. The molecule has 0 saturated carbocycles. The van der Waals surface area contributed by atoms with Gasteiger partial charge in [0.15, 0.2) is 0 Å². The van der Waals surface area contributed by atoms with E-state index in [4.69, 9.17) is 10.8 Å². The third-order valence-corrected chi connectivity index (χ3v) is 2.95. The van der Waals surface area contributed by atoms with Gasteiger partial charge in [0.2, 0.25) is 0 Å². The monoisotopic (exact) mass is 256 g/mol. The molecule has 19 heavy (non-hydrogen) atoms. The van der Waals surface area contributed by atoms with Gasteiger partial charge in [0.25, 0.3) is 0 Å². The zero-order chi connectivity index (χ0) is 13.8. The number of hydrogen-bond donors (Lipinski definition) is 3. The lowest BCUT2D eigenvalue weighted by Crippen LogP contribution is -2.05. The molecule has 2 rings (SSSR count). The lowest BCUT2D eigenvalue weighted by atomic mass is 10.1. The summed E-state index contributed by atoms with van der Waals surface area (Å²) in [5.41, 5.74) is 8.92. The van der Waals surface area contributed by atoms with E-state index >= 15 is 0 Å². The Labute approximate surface area is 111 Å². The number of rotatable bonds is 4. The zero-order valence-electron chi connectivity index (χ0n) is 10.7. The van der Waals surface area contributed by atoms with Crippen molar-refractivity contribution >= 4 is 23.0 Å². The van der Waals surface area contributed by atoms with Crippen LogP contribution >= 0.6 is 0 Å². The Morgan fingerprint density at radius 3 is 2.68 bits per heavy atom. The van der Waals surface area contributed by atoms with Gasteiger partial charge < -0.3 is 16.2 Å². The third kappa shape index (κ3) is 2.85. The van der Waals surface area contributed by atoms with Crippen LogP contribution in [0.1, 0.15) is 22.8 Å². The van der Waals surface area contributed by atoms with Crippen molar-refractivity contribution in [3.05, 3.63) is 53.6 Å². The minimum atomic E-state index is -1.02. The van der Waals surface area contributed by atoms with Gasteiger partial charge in [0.05, 0.1) is 16.9 Å². The van der Waals surface area contributed by atoms with Crippen molar-refractivity contribution in [1.29, 1.82) is 0 Å². The number of aryl methyl sites for hydroxylation is 1. The van der Waals surface area contributed by atoms with E-state index in [9.17, 15) is 4.79 Å². The van der Waals surface area contributed by atoms with Crippen LogP contribution in [0.2, 0.25) is 0 Å². The third-order valence-electron chi connectivity index (χ3n) is 2.95. The van der Waals surface area contributed by atoms with Crippen LogP contribution in [0, 0.1) is 0 Å². The summed E-state index contributed by atoms with van der Waals surface area (Å²) in [5, 5.41) is 12.2. The molecule has 0 bridgehead atoms. The van der Waals surface area contributed by atoms with Crippen molar-refractivity contribution in [1.82, 2.24) is 0 Å². The number of carbonyl (C=O) groups is 1. The number of hydrogen-bond acceptors (Lipinski definition) is 3. The quantitative estimate of drug-likeness (QED) is 0.734. The SMILES string of the molecule is CCc1cccc(Nc2cccc(C(=O)O)c2N)c1. The molecule has 0 amide bonds. The first-order valence-electron chi connectivity index (χ1n) is 6.09. The largest absolute Gasteiger partial charge is 0.478 e. The van der Waals surface area contributed by atoms with Crippen LogP contribution < -0.4 is 11.1 Å². The number of nitrogen functional groups attached to an aromatic ring is 1.